The molecule has 3 N–H and O–H groups in total. The summed E-state index contributed by atoms with van der Waals surface area (Å²) >= 11 is 0. The van der Waals surface area contributed by atoms with Gasteiger partial charge in [-0.3, -0.25) is 4.79 Å². The Balaban J connectivity index is 2.48. The topological polar surface area (TPSA) is 92.5 Å². The number of amides is 1. The van der Waals surface area contributed by atoms with E-state index < -0.39 is 16.1 Å². The summed E-state index contributed by atoms with van der Waals surface area (Å²) in [4.78, 5) is 13.0. The zero-order valence-corrected chi connectivity index (χ0v) is 9.59. The van der Waals surface area contributed by atoms with E-state index in [0.29, 0.717) is 13.0 Å². The molecule has 7 heteroatoms. The van der Waals surface area contributed by atoms with Crippen LogP contribution in [0.1, 0.15) is 12.8 Å². The van der Waals surface area contributed by atoms with Crippen LogP contribution < -0.4 is 10.5 Å². The van der Waals surface area contributed by atoms with E-state index in [2.05, 4.69) is 4.72 Å². The van der Waals surface area contributed by atoms with Crippen LogP contribution in [0.15, 0.2) is 0 Å². The van der Waals surface area contributed by atoms with Crippen molar-refractivity contribution in [3.8, 4) is 0 Å². The minimum Gasteiger partial charge on any atom is -0.340 e. The first-order chi connectivity index (χ1) is 6.96. The molecule has 0 radical (unpaired) electrons. The van der Waals surface area contributed by atoms with Gasteiger partial charge in [-0.05, 0) is 19.9 Å². The maximum Gasteiger partial charge on any atom is 0.239 e. The molecule has 0 spiro atoms. The van der Waals surface area contributed by atoms with Crippen LogP contribution in [-0.2, 0) is 14.8 Å². The second-order valence-electron chi connectivity index (χ2n) is 3.60. The van der Waals surface area contributed by atoms with Gasteiger partial charge in [-0.2, -0.15) is 0 Å². The van der Waals surface area contributed by atoms with E-state index in [4.69, 9.17) is 5.73 Å². The highest BCUT2D eigenvalue weighted by atomic mass is 32.2. The lowest BCUT2D eigenvalue weighted by atomic mass is 10.1. The number of nitrogens with two attached hydrogens (primary N) is 1. The van der Waals surface area contributed by atoms with Crippen molar-refractivity contribution < 1.29 is 13.2 Å². The van der Waals surface area contributed by atoms with Crippen LogP contribution in [0, 0.1) is 0 Å². The lowest BCUT2D eigenvalue weighted by molar-refractivity contribution is -0.134. The molecular formula is C8H17N3O3S. The minimum atomic E-state index is -3.24. The van der Waals surface area contributed by atoms with E-state index in [1.165, 1.54) is 11.9 Å². The lowest BCUT2D eigenvalue weighted by Crippen LogP contribution is -2.50. The standard InChI is InChI=1S/C8H17N3O3S/c1-10-15(13,14)6-5-11-4-2-3-7(9)8(11)12/h7,10H,2-6,9H2,1H3. The van der Waals surface area contributed by atoms with Crippen molar-refractivity contribution >= 4 is 15.9 Å². The van der Waals surface area contributed by atoms with E-state index in [-0.39, 0.29) is 18.2 Å². The van der Waals surface area contributed by atoms with Crippen molar-refractivity contribution in [3.05, 3.63) is 0 Å². The third kappa shape index (κ3) is 3.44. The first-order valence-electron chi connectivity index (χ1n) is 4.92. The first kappa shape index (κ1) is 12.4. The number of nitrogens with one attached hydrogen (secondary N) is 1. The van der Waals surface area contributed by atoms with E-state index in [0.717, 1.165) is 6.42 Å². The molecule has 1 aliphatic heterocycles. The molecule has 0 aliphatic carbocycles. The number of hydrogen-bond donors (Lipinski definition) is 2. The fourth-order valence-electron chi connectivity index (χ4n) is 1.52. The summed E-state index contributed by atoms with van der Waals surface area (Å²) in [7, 11) is -1.88. The van der Waals surface area contributed by atoms with Crippen molar-refractivity contribution in [1.82, 2.24) is 9.62 Å². The molecule has 15 heavy (non-hydrogen) atoms. The molecule has 1 fully saturated rings. The summed E-state index contributed by atoms with van der Waals surface area (Å²) in [5.74, 6) is -0.213. The van der Waals surface area contributed by atoms with Crippen molar-refractivity contribution in [2.45, 2.75) is 18.9 Å². The minimum absolute atomic E-state index is 0.0675. The number of rotatable bonds is 4. The zero-order valence-electron chi connectivity index (χ0n) is 8.77. The Hall–Kier alpha value is -0.660. The monoisotopic (exact) mass is 235 g/mol. The van der Waals surface area contributed by atoms with Crippen LogP contribution in [0.4, 0.5) is 0 Å². The second kappa shape index (κ2) is 4.91. The largest absolute Gasteiger partial charge is 0.340 e. The Morgan fingerprint density at radius 1 is 1.60 bits per heavy atom. The molecule has 1 aliphatic rings. The third-order valence-corrected chi connectivity index (χ3v) is 3.86. The summed E-state index contributed by atoms with van der Waals surface area (Å²) in [6.45, 7) is 0.821. The van der Waals surface area contributed by atoms with E-state index >= 15 is 0 Å². The second-order valence-corrected chi connectivity index (χ2v) is 5.64. The zero-order chi connectivity index (χ0) is 11.5. The van der Waals surface area contributed by atoms with Crippen LogP contribution in [-0.4, -0.2) is 51.2 Å². The molecule has 1 rings (SSSR count). The maximum atomic E-state index is 11.5. The van der Waals surface area contributed by atoms with Gasteiger partial charge in [0.1, 0.15) is 0 Å². The Kier molecular flexibility index (Phi) is 4.06. The summed E-state index contributed by atoms with van der Waals surface area (Å²) in [6.07, 6.45) is 1.53. The van der Waals surface area contributed by atoms with Gasteiger partial charge in [0.05, 0.1) is 11.8 Å². The molecule has 0 aromatic rings. The van der Waals surface area contributed by atoms with Crippen LogP contribution in [0.25, 0.3) is 0 Å². The van der Waals surface area contributed by atoms with Crippen molar-refractivity contribution in [3.63, 3.8) is 0 Å². The third-order valence-electron chi connectivity index (χ3n) is 2.51. The van der Waals surface area contributed by atoms with Gasteiger partial charge in [0.25, 0.3) is 0 Å². The highest BCUT2D eigenvalue weighted by Crippen LogP contribution is 2.09. The summed E-state index contributed by atoms with van der Waals surface area (Å²) < 4.78 is 24.5. The average molecular weight is 235 g/mol. The molecule has 1 heterocycles. The van der Waals surface area contributed by atoms with Crippen molar-refractivity contribution in [2.75, 3.05) is 25.9 Å². The fourth-order valence-corrected chi connectivity index (χ4v) is 2.19. The van der Waals surface area contributed by atoms with Crippen LogP contribution in [0.2, 0.25) is 0 Å². The van der Waals surface area contributed by atoms with E-state index in [1.807, 2.05) is 0 Å². The molecule has 0 aromatic carbocycles. The van der Waals surface area contributed by atoms with Gasteiger partial charge in [0.2, 0.25) is 15.9 Å². The molecule has 1 saturated heterocycles. The van der Waals surface area contributed by atoms with Gasteiger partial charge < -0.3 is 10.6 Å². The predicted octanol–water partition coefficient (Wildman–Crippen LogP) is -1.51. The highest BCUT2D eigenvalue weighted by Gasteiger charge is 2.26. The molecule has 6 nitrogen and oxygen atoms in total. The van der Waals surface area contributed by atoms with Crippen molar-refractivity contribution in [2.24, 2.45) is 5.73 Å². The molecule has 1 atom stereocenters. The predicted molar refractivity (Wildman–Crippen MR) is 56.6 cm³/mol. The molecule has 0 aromatic heterocycles. The number of carbonyl (C=O) groups is 1. The first-order valence-corrected chi connectivity index (χ1v) is 6.57. The quantitative estimate of drug-likeness (QED) is 0.619. The molecule has 0 bridgehead atoms. The van der Waals surface area contributed by atoms with Gasteiger partial charge in [0.15, 0.2) is 0 Å². The molecule has 88 valence electrons. The van der Waals surface area contributed by atoms with Crippen LogP contribution >= 0.6 is 0 Å². The molecular weight excluding hydrogens is 218 g/mol. The highest BCUT2D eigenvalue weighted by molar-refractivity contribution is 7.89. The molecule has 0 saturated carbocycles. The van der Waals surface area contributed by atoms with Gasteiger partial charge in [-0.15, -0.1) is 0 Å². The number of likely N-dealkylation sites (tertiary alicyclic amines) is 1. The smallest absolute Gasteiger partial charge is 0.239 e. The summed E-state index contributed by atoms with van der Waals surface area (Å²) in [5.41, 5.74) is 5.58. The van der Waals surface area contributed by atoms with Crippen LogP contribution in [0.3, 0.4) is 0 Å². The maximum absolute atomic E-state index is 11.5. The number of carbonyl (C=O) groups excluding carboxylic acids is 1. The average Bonchev–Trinajstić information content (AvgIpc) is 2.20. The van der Waals surface area contributed by atoms with Gasteiger partial charge >= 0.3 is 0 Å². The Morgan fingerprint density at radius 3 is 2.87 bits per heavy atom. The van der Waals surface area contributed by atoms with E-state index in [1.54, 1.807) is 0 Å². The number of piperidine rings is 1. The number of hydrogen-bond acceptors (Lipinski definition) is 4. The fraction of sp³-hybridized carbons (Fsp3) is 0.875. The SMILES string of the molecule is CNS(=O)(=O)CCN1CCCC(N)C1=O. The molecule has 1 amide bonds. The Bertz CT molecular complexity index is 328. The Morgan fingerprint density at radius 2 is 2.27 bits per heavy atom. The summed E-state index contributed by atoms with van der Waals surface area (Å²) in [5, 5.41) is 0. The lowest BCUT2D eigenvalue weighted by Gasteiger charge is -2.30. The van der Waals surface area contributed by atoms with Gasteiger partial charge in [-0.25, -0.2) is 13.1 Å². The van der Waals surface area contributed by atoms with Gasteiger partial charge in [-0.1, -0.05) is 0 Å². The Labute approximate surface area is 89.9 Å². The number of sulfonamides is 1. The van der Waals surface area contributed by atoms with E-state index in [9.17, 15) is 13.2 Å². The summed E-state index contributed by atoms with van der Waals surface area (Å²) in [6, 6.07) is -0.462. The van der Waals surface area contributed by atoms with Crippen LogP contribution in [0.5, 0.6) is 0 Å². The number of nitrogens with zero attached hydrogens (tertiary/aromatic N) is 1. The normalized spacial score (nSPS) is 23.2. The molecule has 1 unspecified atom stereocenters. The van der Waals surface area contributed by atoms with Crippen molar-refractivity contribution in [1.29, 1.82) is 0 Å². The van der Waals surface area contributed by atoms with Gasteiger partial charge in [0, 0.05) is 13.1 Å².